The van der Waals surface area contributed by atoms with E-state index in [1.54, 1.807) is 13.0 Å². The van der Waals surface area contributed by atoms with Gasteiger partial charge in [0.25, 0.3) is 5.91 Å². The molecule has 5 nitrogen and oxygen atoms in total. The molecule has 1 unspecified atom stereocenters. The van der Waals surface area contributed by atoms with Gasteiger partial charge in [0.05, 0.1) is 0 Å². The van der Waals surface area contributed by atoms with Crippen LogP contribution >= 0.6 is 0 Å². The molecule has 3 rings (SSSR count). The first-order valence-electron chi connectivity index (χ1n) is 8.76. The van der Waals surface area contributed by atoms with Gasteiger partial charge in [-0.05, 0) is 56.9 Å². The van der Waals surface area contributed by atoms with E-state index < -0.39 is 0 Å². The fourth-order valence-corrected chi connectivity index (χ4v) is 3.27. The van der Waals surface area contributed by atoms with Crippen molar-refractivity contribution in [3.63, 3.8) is 0 Å². The third-order valence-electron chi connectivity index (χ3n) is 4.55. The van der Waals surface area contributed by atoms with Crippen LogP contribution in [0.2, 0.25) is 0 Å². The van der Waals surface area contributed by atoms with Crippen LogP contribution in [0.1, 0.15) is 48.9 Å². The number of anilines is 2. The zero-order valence-electron chi connectivity index (χ0n) is 14.6. The van der Waals surface area contributed by atoms with Crippen molar-refractivity contribution in [2.45, 2.75) is 45.6 Å². The third kappa shape index (κ3) is 4.13. The summed E-state index contributed by atoms with van der Waals surface area (Å²) in [6.07, 6.45) is 4.57. The summed E-state index contributed by atoms with van der Waals surface area (Å²) < 4.78 is 13.0. The maximum absolute atomic E-state index is 13.0. The minimum absolute atomic E-state index is 0.316. The molecule has 2 aromatic rings. The van der Waals surface area contributed by atoms with Crippen molar-refractivity contribution < 1.29 is 9.18 Å². The number of nitrogens with one attached hydrogen (secondary N) is 1. The molecule has 0 bridgehead atoms. The molecule has 1 aliphatic rings. The van der Waals surface area contributed by atoms with Gasteiger partial charge in [-0.15, -0.1) is 0 Å². The highest BCUT2D eigenvalue weighted by Gasteiger charge is 2.23. The molecule has 1 N–H and O–H groups in total. The van der Waals surface area contributed by atoms with Gasteiger partial charge in [-0.1, -0.05) is 6.92 Å². The topological polar surface area (TPSA) is 58.1 Å². The first-order chi connectivity index (χ1) is 12.1. The average Bonchev–Trinajstić information content (AvgIpc) is 2.63. The minimum atomic E-state index is -0.339. The monoisotopic (exact) mass is 342 g/mol. The van der Waals surface area contributed by atoms with Crippen molar-refractivity contribution in [3.8, 4) is 0 Å². The Balaban J connectivity index is 1.83. The molecule has 0 saturated carbocycles. The van der Waals surface area contributed by atoms with E-state index in [1.807, 2.05) is 0 Å². The second kappa shape index (κ2) is 7.59. The summed E-state index contributed by atoms with van der Waals surface area (Å²) in [6, 6.07) is 7.88. The molecule has 1 aromatic heterocycles. The van der Waals surface area contributed by atoms with Crippen molar-refractivity contribution in [2.24, 2.45) is 0 Å². The number of carbonyl (C=O) groups excluding carboxylic acids is 1. The van der Waals surface area contributed by atoms with E-state index in [0.717, 1.165) is 31.6 Å². The van der Waals surface area contributed by atoms with Crippen molar-refractivity contribution in [2.75, 3.05) is 16.8 Å². The van der Waals surface area contributed by atoms with Crippen LogP contribution in [0.15, 0.2) is 30.3 Å². The molecule has 1 aliphatic heterocycles. The summed E-state index contributed by atoms with van der Waals surface area (Å²) in [5.41, 5.74) is 0.862. The predicted molar refractivity (Wildman–Crippen MR) is 96.4 cm³/mol. The van der Waals surface area contributed by atoms with Gasteiger partial charge >= 0.3 is 0 Å². The number of aryl methyl sites for hydroxylation is 1. The van der Waals surface area contributed by atoms with Gasteiger partial charge in [0.15, 0.2) is 0 Å². The first-order valence-corrected chi connectivity index (χ1v) is 8.76. The summed E-state index contributed by atoms with van der Waals surface area (Å²) in [7, 11) is 0. The highest BCUT2D eigenvalue weighted by atomic mass is 19.1. The standard InChI is InChI=1S/C19H23FN4O/c1-3-16-6-4-5-11-24(16)18-12-17(21-13(2)22-18)19(25)23-15-9-7-14(20)8-10-15/h7-10,12,16H,3-6,11H2,1-2H3,(H,23,25). The lowest BCUT2D eigenvalue weighted by Crippen LogP contribution is -2.40. The average molecular weight is 342 g/mol. The number of piperidine rings is 1. The van der Waals surface area contributed by atoms with E-state index >= 15 is 0 Å². The third-order valence-corrected chi connectivity index (χ3v) is 4.55. The van der Waals surface area contributed by atoms with Gasteiger partial charge < -0.3 is 10.2 Å². The molecular weight excluding hydrogens is 319 g/mol. The number of amides is 1. The van der Waals surface area contributed by atoms with Crippen LogP contribution in [0.25, 0.3) is 0 Å². The number of hydrogen-bond donors (Lipinski definition) is 1. The number of aromatic nitrogens is 2. The Hall–Kier alpha value is -2.50. The molecule has 0 aliphatic carbocycles. The molecule has 6 heteroatoms. The smallest absolute Gasteiger partial charge is 0.274 e. The summed E-state index contributed by atoms with van der Waals surface area (Å²) in [6.45, 7) is 4.93. The van der Waals surface area contributed by atoms with Crippen molar-refractivity contribution in [1.82, 2.24) is 9.97 Å². The van der Waals surface area contributed by atoms with E-state index in [0.29, 0.717) is 23.2 Å². The van der Waals surface area contributed by atoms with Crippen molar-refractivity contribution in [3.05, 3.63) is 47.7 Å². The molecule has 1 saturated heterocycles. The molecule has 2 heterocycles. The fourth-order valence-electron chi connectivity index (χ4n) is 3.27. The lowest BCUT2D eigenvalue weighted by Gasteiger charge is -2.36. The van der Waals surface area contributed by atoms with Crippen LogP contribution in [0, 0.1) is 12.7 Å². The fraction of sp³-hybridized carbons (Fsp3) is 0.421. The van der Waals surface area contributed by atoms with Gasteiger partial charge in [-0.3, -0.25) is 4.79 Å². The highest BCUT2D eigenvalue weighted by Crippen LogP contribution is 2.25. The van der Waals surface area contributed by atoms with Crippen LogP contribution in [-0.4, -0.2) is 28.5 Å². The van der Waals surface area contributed by atoms with Gasteiger partial charge in [0.1, 0.15) is 23.2 Å². The summed E-state index contributed by atoms with van der Waals surface area (Å²) >= 11 is 0. The summed E-state index contributed by atoms with van der Waals surface area (Å²) in [4.78, 5) is 23.6. The molecule has 0 radical (unpaired) electrons. The molecular formula is C19H23FN4O. The van der Waals surface area contributed by atoms with Crippen molar-refractivity contribution in [1.29, 1.82) is 0 Å². The maximum atomic E-state index is 13.0. The van der Waals surface area contributed by atoms with E-state index in [9.17, 15) is 9.18 Å². The Bertz CT molecular complexity index is 748. The summed E-state index contributed by atoms with van der Waals surface area (Å²) in [5.74, 6) is 0.725. The Kier molecular flexibility index (Phi) is 5.26. The SMILES string of the molecule is CCC1CCCCN1c1cc(C(=O)Nc2ccc(F)cc2)nc(C)n1. The number of rotatable bonds is 4. The van der Waals surface area contributed by atoms with Crippen LogP contribution in [0.3, 0.4) is 0 Å². The lowest BCUT2D eigenvalue weighted by atomic mass is 10.00. The lowest BCUT2D eigenvalue weighted by molar-refractivity contribution is 0.102. The molecule has 1 amide bonds. The predicted octanol–water partition coefficient (Wildman–Crippen LogP) is 3.95. The molecule has 1 fully saturated rings. The number of halogens is 1. The van der Waals surface area contributed by atoms with E-state index in [-0.39, 0.29) is 11.7 Å². The molecule has 0 spiro atoms. The summed E-state index contributed by atoms with van der Waals surface area (Å²) in [5, 5.41) is 2.75. The Morgan fingerprint density at radius 3 is 2.76 bits per heavy atom. The molecule has 132 valence electrons. The zero-order valence-corrected chi connectivity index (χ0v) is 14.6. The van der Waals surface area contributed by atoms with Crippen molar-refractivity contribution >= 4 is 17.4 Å². The largest absolute Gasteiger partial charge is 0.354 e. The molecule has 25 heavy (non-hydrogen) atoms. The molecule has 1 atom stereocenters. The maximum Gasteiger partial charge on any atom is 0.274 e. The van der Waals surface area contributed by atoms with Gasteiger partial charge in [0, 0.05) is 24.3 Å². The van der Waals surface area contributed by atoms with Crippen LogP contribution < -0.4 is 10.2 Å². The minimum Gasteiger partial charge on any atom is -0.354 e. The number of nitrogens with zero attached hydrogens (tertiary/aromatic N) is 3. The van der Waals surface area contributed by atoms with Gasteiger partial charge in [-0.25, -0.2) is 14.4 Å². The van der Waals surface area contributed by atoms with Crippen LogP contribution in [0.5, 0.6) is 0 Å². The quantitative estimate of drug-likeness (QED) is 0.914. The highest BCUT2D eigenvalue weighted by molar-refractivity contribution is 6.03. The van der Waals surface area contributed by atoms with Crippen LogP contribution in [0.4, 0.5) is 15.9 Å². The second-order valence-electron chi connectivity index (χ2n) is 6.37. The Labute approximate surface area is 147 Å². The second-order valence-corrected chi connectivity index (χ2v) is 6.37. The van der Waals surface area contributed by atoms with Gasteiger partial charge in [-0.2, -0.15) is 0 Å². The number of hydrogen-bond acceptors (Lipinski definition) is 4. The number of carbonyl (C=O) groups is 1. The van der Waals surface area contributed by atoms with Gasteiger partial charge in [0.2, 0.25) is 0 Å². The van der Waals surface area contributed by atoms with Crippen LogP contribution in [-0.2, 0) is 0 Å². The Morgan fingerprint density at radius 2 is 2.04 bits per heavy atom. The Morgan fingerprint density at radius 1 is 1.28 bits per heavy atom. The van der Waals surface area contributed by atoms with E-state index in [4.69, 9.17) is 0 Å². The number of benzene rings is 1. The van der Waals surface area contributed by atoms with E-state index in [1.165, 1.54) is 30.7 Å². The first kappa shape index (κ1) is 17.3. The normalized spacial score (nSPS) is 17.4. The van der Waals surface area contributed by atoms with E-state index in [2.05, 4.69) is 27.1 Å². The molecule has 1 aromatic carbocycles. The zero-order chi connectivity index (χ0) is 17.8.